The highest BCUT2D eigenvalue weighted by Gasteiger charge is 2.30. The number of nitrogens with one attached hydrogen (secondary N) is 1. The molecule has 1 heterocycles. The zero-order chi connectivity index (χ0) is 20.8. The Hall–Kier alpha value is -2.96. The Morgan fingerprint density at radius 2 is 1.76 bits per heavy atom. The lowest BCUT2D eigenvalue weighted by atomic mass is 9.97. The number of benzene rings is 1. The first kappa shape index (κ1) is 20.8. The van der Waals surface area contributed by atoms with Crippen LogP contribution in [-0.2, 0) is 19.1 Å². The molecule has 0 saturated carbocycles. The van der Waals surface area contributed by atoms with Crippen LogP contribution in [-0.4, -0.2) is 36.3 Å². The highest BCUT2D eigenvalue weighted by Crippen LogP contribution is 2.23. The van der Waals surface area contributed by atoms with Gasteiger partial charge in [-0.3, -0.25) is 19.3 Å². The van der Waals surface area contributed by atoms with Crippen molar-refractivity contribution in [1.29, 1.82) is 0 Å². The molecule has 0 bridgehead atoms. The normalized spacial score (nSPS) is 17.7. The minimum atomic E-state index is -0.913. The molecule has 1 aromatic rings. The number of hydrogen-bond donors (Lipinski definition) is 1. The van der Waals surface area contributed by atoms with E-state index in [0.29, 0.717) is 12.2 Å². The molecular weight excluding hydrogens is 372 g/mol. The van der Waals surface area contributed by atoms with E-state index in [0.717, 1.165) is 24.2 Å². The summed E-state index contributed by atoms with van der Waals surface area (Å²) in [4.78, 5) is 49.1. The van der Waals surface area contributed by atoms with Crippen molar-refractivity contribution in [2.45, 2.75) is 58.0 Å². The van der Waals surface area contributed by atoms with Gasteiger partial charge in [-0.1, -0.05) is 11.6 Å². The summed E-state index contributed by atoms with van der Waals surface area (Å²) in [5.41, 5.74) is 2.05. The summed E-state index contributed by atoms with van der Waals surface area (Å²) in [6, 6.07) is 6.02. The summed E-state index contributed by atoms with van der Waals surface area (Å²) in [6.07, 6.45) is 7.18. The van der Waals surface area contributed by atoms with Crippen molar-refractivity contribution < 1.29 is 23.9 Å². The molecule has 0 radical (unpaired) electrons. The van der Waals surface area contributed by atoms with E-state index >= 15 is 0 Å². The number of anilines is 1. The molecule has 29 heavy (non-hydrogen) atoms. The van der Waals surface area contributed by atoms with Gasteiger partial charge in [0.2, 0.25) is 11.8 Å². The summed E-state index contributed by atoms with van der Waals surface area (Å²) in [6.45, 7) is 2.06. The lowest BCUT2D eigenvalue weighted by Gasteiger charge is -2.16. The smallest absolute Gasteiger partial charge is 0.338 e. The van der Waals surface area contributed by atoms with Gasteiger partial charge in [0, 0.05) is 19.4 Å². The lowest BCUT2D eigenvalue weighted by Crippen LogP contribution is -2.36. The van der Waals surface area contributed by atoms with Crippen molar-refractivity contribution in [2.24, 2.45) is 0 Å². The average molecular weight is 398 g/mol. The van der Waals surface area contributed by atoms with Crippen LogP contribution in [0.2, 0.25) is 0 Å². The molecule has 1 atom stereocenters. The van der Waals surface area contributed by atoms with Crippen molar-refractivity contribution in [3.8, 4) is 0 Å². The van der Waals surface area contributed by atoms with E-state index in [1.165, 1.54) is 49.6 Å². The monoisotopic (exact) mass is 398 g/mol. The maximum atomic E-state index is 12.3. The Bertz CT molecular complexity index is 812. The third-order valence-corrected chi connectivity index (χ3v) is 5.20. The number of ether oxygens (including phenoxy) is 1. The minimum absolute atomic E-state index is 0.201. The van der Waals surface area contributed by atoms with Gasteiger partial charge in [0.25, 0.3) is 5.91 Å². The zero-order valence-electron chi connectivity index (χ0n) is 16.6. The lowest BCUT2D eigenvalue weighted by molar-refractivity contribution is -0.129. The predicted octanol–water partition coefficient (Wildman–Crippen LogP) is 2.89. The number of allylic oxidation sites excluding steroid dienone is 1. The zero-order valence-corrected chi connectivity index (χ0v) is 16.6. The van der Waals surface area contributed by atoms with Gasteiger partial charge >= 0.3 is 5.97 Å². The second-order valence-corrected chi connectivity index (χ2v) is 7.37. The Morgan fingerprint density at radius 1 is 1.07 bits per heavy atom. The SMILES string of the molecule is CC(OC(=O)c1ccc(N2C(=O)CCC2=O)cc1)C(=O)NCCC1=CCCCC1. The molecule has 0 spiro atoms. The van der Waals surface area contributed by atoms with Crippen LogP contribution in [0.4, 0.5) is 5.69 Å². The molecule has 1 aromatic carbocycles. The maximum Gasteiger partial charge on any atom is 0.338 e. The van der Waals surface area contributed by atoms with E-state index in [4.69, 9.17) is 4.74 Å². The summed E-state index contributed by atoms with van der Waals surface area (Å²) >= 11 is 0. The average Bonchev–Trinajstić information content (AvgIpc) is 3.06. The Kier molecular flexibility index (Phi) is 6.80. The number of carbonyl (C=O) groups excluding carboxylic acids is 4. The molecule has 3 rings (SSSR count). The van der Waals surface area contributed by atoms with E-state index in [-0.39, 0.29) is 36.1 Å². The fourth-order valence-corrected chi connectivity index (χ4v) is 3.51. The first-order valence-electron chi connectivity index (χ1n) is 10.1. The summed E-state index contributed by atoms with van der Waals surface area (Å²) in [5.74, 6) is -1.47. The predicted molar refractivity (Wildman–Crippen MR) is 107 cm³/mol. The van der Waals surface area contributed by atoms with E-state index in [1.54, 1.807) is 0 Å². The number of esters is 1. The molecule has 1 N–H and O–H groups in total. The first-order valence-corrected chi connectivity index (χ1v) is 10.1. The molecule has 1 saturated heterocycles. The van der Waals surface area contributed by atoms with E-state index in [1.807, 2.05) is 0 Å². The van der Waals surface area contributed by atoms with E-state index in [9.17, 15) is 19.2 Å². The molecular formula is C22H26N2O5. The molecule has 1 aliphatic heterocycles. The standard InChI is InChI=1S/C22H26N2O5/c1-15(21(27)23-14-13-16-5-3-2-4-6-16)29-22(28)17-7-9-18(10-8-17)24-19(25)11-12-20(24)26/h5,7-10,15H,2-4,6,11-14H2,1H3,(H,23,27). The first-order chi connectivity index (χ1) is 14.0. The van der Waals surface area contributed by atoms with E-state index in [2.05, 4.69) is 11.4 Å². The topological polar surface area (TPSA) is 92.8 Å². The Morgan fingerprint density at radius 3 is 2.38 bits per heavy atom. The molecule has 0 aromatic heterocycles. The number of hydrogen-bond acceptors (Lipinski definition) is 5. The largest absolute Gasteiger partial charge is 0.449 e. The third-order valence-electron chi connectivity index (χ3n) is 5.20. The molecule has 1 fully saturated rings. The van der Waals surface area contributed by atoms with Crippen LogP contribution >= 0.6 is 0 Å². The van der Waals surface area contributed by atoms with Gasteiger partial charge in [0.05, 0.1) is 11.3 Å². The Balaban J connectivity index is 1.48. The quantitative estimate of drug-likeness (QED) is 0.433. The molecule has 2 aliphatic rings. The molecule has 3 amide bonds. The van der Waals surface area contributed by atoms with Gasteiger partial charge in [0.1, 0.15) is 0 Å². The van der Waals surface area contributed by atoms with Crippen LogP contribution < -0.4 is 10.2 Å². The number of amides is 3. The van der Waals surface area contributed by atoms with Crippen LogP contribution in [0.25, 0.3) is 0 Å². The minimum Gasteiger partial charge on any atom is -0.449 e. The number of imide groups is 1. The van der Waals surface area contributed by atoms with Crippen molar-refractivity contribution in [3.05, 3.63) is 41.5 Å². The van der Waals surface area contributed by atoms with Crippen LogP contribution in [0.5, 0.6) is 0 Å². The van der Waals surface area contributed by atoms with Gasteiger partial charge in [-0.25, -0.2) is 4.79 Å². The fraction of sp³-hybridized carbons (Fsp3) is 0.455. The van der Waals surface area contributed by atoms with Crippen molar-refractivity contribution in [1.82, 2.24) is 5.32 Å². The highest BCUT2D eigenvalue weighted by atomic mass is 16.5. The Labute approximate surface area is 170 Å². The summed E-state index contributed by atoms with van der Waals surface area (Å²) in [7, 11) is 0. The van der Waals surface area contributed by atoms with Crippen molar-refractivity contribution >= 4 is 29.4 Å². The summed E-state index contributed by atoms with van der Waals surface area (Å²) < 4.78 is 5.24. The highest BCUT2D eigenvalue weighted by molar-refractivity contribution is 6.19. The number of rotatable bonds is 7. The van der Waals surface area contributed by atoms with Gasteiger partial charge in [-0.2, -0.15) is 0 Å². The molecule has 1 unspecified atom stereocenters. The van der Waals surface area contributed by atoms with Crippen LogP contribution in [0.1, 0.15) is 62.2 Å². The second-order valence-electron chi connectivity index (χ2n) is 7.37. The van der Waals surface area contributed by atoms with E-state index < -0.39 is 12.1 Å². The van der Waals surface area contributed by atoms with Crippen molar-refractivity contribution in [2.75, 3.05) is 11.4 Å². The fourth-order valence-electron chi connectivity index (χ4n) is 3.51. The molecule has 154 valence electrons. The van der Waals surface area contributed by atoms with Gasteiger partial charge in [-0.05, 0) is 63.3 Å². The maximum absolute atomic E-state index is 12.3. The number of carbonyl (C=O) groups is 4. The van der Waals surface area contributed by atoms with Gasteiger partial charge < -0.3 is 10.1 Å². The summed E-state index contributed by atoms with van der Waals surface area (Å²) in [5, 5.41) is 2.80. The van der Waals surface area contributed by atoms with Crippen LogP contribution in [0, 0.1) is 0 Å². The molecule has 7 nitrogen and oxygen atoms in total. The molecule has 7 heteroatoms. The number of nitrogens with zero attached hydrogens (tertiary/aromatic N) is 1. The second kappa shape index (κ2) is 9.49. The third kappa shape index (κ3) is 5.31. The molecule has 1 aliphatic carbocycles. The van der Waals surface area contributed by atoms with Gasteiger partial charge in [0.15, 0.2) is 6.10 Å². The van der Waals surface area contributed by atoms with Crippen LogP contribution in [0.15, 0.2) is 35.9 Å². The van der Waals surface area contributed by atoms with Gasteiger partial charge in [-0.15, -0.1) is 0 Å². The van der Waals surface area contributed by atoms with Crippen LogP contribution in [0.3, 0.4) is 0 Å². The van der Waals surface area contributed by atoms with Crippen molar-refractivity contribution in [3.63, 3.8) is 0 Å².